The number of carbonyl (C=O) groups is 1. The van der Waals surface area contributed by atoms with Crippen molar-refractivity contribution in [1.82, 2.24) is 0 Å². The monoisotopic (exact) mass is 460 g/mol. The molecule has 0 amide bonds. The predicted octanol–water partition coefficient (Wildman–Crippen LogP) is 5.38. The molecule has 1 unspecified atom stereocenters. The lowest BCUT2D eigenvalue weighted by atomic mass is 9.95. The van der Waals surface area contributed by atoms with Crippen LogP contribution in [0.1, 0.15) is 38.7 Å². The van der Waals surface area contributed by atoms with E-state index in [1.54, 1.807) is 7.11 Å². The standard InChI is InChI=1S/C25H33ClN2O4/c1-5-31-24(29)15-19(16-30-4)18-6-11-23(28-12-13-32-25(2,3)17-28)22(14-18)27-21-9-7-20(26)8-10-21/h6-11,14,19,27H,5,12-13,15-17H2,1-4H3. The highest BCUT2D eigenvalue weighted by molar-refractivity contribution is 6.30. The second kappa shape index (κ2) is 11.0. The Morgan fingerprint density at radius 2 is 2.00 bits per heavy atom. The number of anilines is 3. The van der Waals surface area contributed by atoms with Crippen molar-refractivity contribution in [3.8, 4) is 0 Å². The van der Waals surface area contributed by atoms with Crippen molar-refractivity contribution >= 4 is 34.6 Å². The zero-order valence-corrected chi connectivity index (χ0v) is 20.1. The third kappa shape index (κ3) is 6.61. The topological polar surface area (TPSA) is 60.0 Å². The first-order valence-corrected chi connectivity index (χ1v) is 11.4. The Morgan fingerprint density at radius 1 is 1.25 bits per heavy atom. The van der Waals surface area contributed by atoms with Gasteiger partial charge < -0.3 is 24.4 Å². The van der Waals surface area contributed by atoms with Crippen LogP contribution in [0.25, 0.3) is 0 Å². The highest BCUT2D eigenvalue weighted by Crippen LogP contribution is 2.35. The summed E-state index contributed by atoms with van der Waals surface area (Å²) in [5.41, 5.74) is 3.79. The Kier molecular flexibility index (Phi) is 8.40. The summed E-state index contributed by atoms with van der Waals surface area (Å²) >= 11 is 6.07. The number of hydrogen-bond donors (Lipinski definition) is 1. The lowest BCUT2D eigenvalue weighted by Crippen LogP contribution is -2.48. The van der Waals surface area contributed by atoms with Crippen molar-refractivity contribution in [3.05, 3.63) is 53.1 Å². The highest BCUT2D eigenvalue weighted by Gasteiger charge is 2.29. The van der Waals surface area contributed by atoms with E-state index in [4.69, 9.17) is 25.8 Å². The normalized spacial score (nSPS) is 16.5. The molecule has 0 saturated carbocycles. The summed E-state index contributed by atoms with van der Waals surface area (Å²) in [4.78, 5) is 14.5. The molecular formula is C25H33ClN2O4. The van der Waals surface area contributed by atoms with Crippen molar-refractivity contribution in [1.29, 1.82) is 0 Å². The Labute approximate surface area is 195 Å². The molecule has 1 aliphatic heterocycles. The van der Waals surface area contributed by atoms with Crippen LogP contribution in [-0.4, -0.2) is 51.6 Å². The largest absolute Gasteiger partial charge is 0.466 e. The molecule has 2 aromatic carbocycles. The predicted molar refractivity (Wildman–Crippen MR) is 129 cm³/mol. The molecular weight excluding hydrogens is 428 g/mol. The number of methoxy groups -OCH3 is 1. The number of hydrogen-bond acceptors (Lipinski definition) is 6. The molecule has 7 heteroatoms. The van der Waals surface area contributed by atoms with E-state index in [9.17, 15) is 4.79 Å². The fourth-order valence-electron chi connectivity index (χ4n) is 3.99. The second-order valence-electron chi connectivity index (χ2n) is 8.60. The van der Waals surface area contributed by atoms with E-state index < -0.39 is 0 Å². The van der Waals surface area contributed by atoms with Crippen LogP contribution in [0.5, 0.6) is 0 Å². The van der Waals surface area contributed by atoms with Crippen molar-refractivity contribution in [2.24, 2.45) is 0 Å². The molecule has 0 radical (unpaired) electrons. The fourth-order valence-corrected chi connectivity index (χ4v) is 4.12. The molecule has 1 saturated heterocycles. The number of rotatable bonds is 9. The van der Waals surface area contributed by atoms with Crippen LogP contribution in [0.4, 0.5) is 17.1 Å². The average molecular weight is 461 g/mol. The SMILES string of the molecule is CCOC(=O)CC(COC)c1ccc(N2CCOC(C)(C)C2)c(Nc2ccc(Cl)cc2)c1. The number of nitrogens with one attached hydrogen (secondary N) is 1. The van der Waals surface area contributed by atoms with Gasteiger partial charge in [-0.25, -0.2) is 0 Å². The molecule has 1 N–H and O–H groups in total. The van der Waals surface area contributed by atoms with Gasteiger partial charge in [0.1, 0.15) is 0 Å². The molecule has 6 nitrogen and oxygen atoms in total. The van der Waals surface area contributed by atoms with Crippen LogP contribution in [-0.2, 0) is 19.0 Å². The molecule has 1 atom stereocenters. The van der Waals surface area contributed by atoms with E-state index in [1.165, 1.54) is 0 Å². The molecule has 2 aromatic rings. The number of benzene rings is 2. The minimum Gasteiger partial charge on any atom is -0.466 e. The van der Waals surface area contributed by atoms with Gasteiger partial charge >= 0.3 is 5.97 Å². The molecule has 0 aromatic heterocycles. The van der Waals surface area contributed by atoms with Crippen LogP contribution in [0.15, 0.2) is 42.5 Å². The number of halogens is 1. The van der Waals surface area contributed by atoms with E-state index >= 15 is 0 Å². The summed E-state index contributed by atoms with van der Waals surface area (Å²) in [6, 6.07) is 13.9. The van der Waals surface area contributed by atoms with Gasteiger partial charge in [-0.05, 0) is 62.7 Å². The van der Waals surface area contributed by atoms with E-state index in [0.29, 0.717) is 24.8 Å². The van der Waals surface area contributed by atoms with Crippen molar-refractivity contribution in [2.45, 2.75) is 38.7 Å². The number of morpholine rings is 1. The van der Waals surface area contributed by atoms with Crippen LogP contribution in [0, 0.1) is 0 Å². The molecule has 1 heterocycles. The Bertz CT molecular complexity index is 901. The zero-order valence-electron chi connectivity index (χ0n) is 19.3. The minimum absolute atomic E-state index is 0.0972. The number of carbonyl (C=O) groups excluding carboxylic acids is 1. The Morgan fingerprint density at radius 3 is 2.66 bits per heavy atom. The molecule has 0 bridgehead atoms. The maximum atomic E-state index is 12.2. The Balaban J connectivity index is 1.95. The summed E-state index contributed by atoms with van der Waals surface area (Å²) in [5, 5.41) is 4.23. The quantitative estimate of drug-likeness (QED) is 0.507. The van der Waals surface area contributed by atoms with Crippen molar-refractivity contribution in [2.75, 3.05) is 50.2 Å². The van der Waals surface area contributed by atoms with E-state index in [2.05, 4.69) is 42.3 Å². The molecule has 3 rings (SSSR count). The van der Waals surface area contributed by atoms with Gasteiger partial charge in [-0.1, -0.05) is 17.7 Å². The molecule has 1 aliphatic rings. The summed E-state index contributed by atoms with van der Waals surface area (Å²) in [5.74, 6) is -0.319. The van der Waals surface area contributed by atoms with E-state index in [0.717, 1.165) is 35.7 Å². The summed E-state index contributed by atoms with van der Waals surface area (Å²) < 4.78 is 16.5. The zero-order chi connectivity index (χ0) is 23.1. The third-order valence-electron chi connectivity index (χ3n) is 5.47. The highest BCUT2D eigenvalue weighted by atomic mass is 35.5. The van der Waals surface area contributed by atoms with Gasteiger partial charge in [-0.3, -0.25) is 4.79 Å². The van der Waals surface area contributed by atoms with Crippen molar-refractivity contribution in [3.63, 3.8) is 0 Å². The van der Waals surface area contributed by atoms with Gasteiger partial charge in [0, 0.05) is 36.8 Å². The summed E-state index contributed by atoms with van der Waals surface area (Å²) in [6.07, 6.45) is 0.270. The number of nitrogens with zero attached hydrogens (tertiary/aromatic N) is 1. The van der Waals surface area contributed by atoms with Gasteiger partial charge in [0.15, 0.2) is 0 Å². The number of esters is 1. The van der Waals surface area contributed by atoms with Crippen LogP contribution >= 0.6 is 11.6 Å². The van der Waals surface area contributed by atoms with Crippen molar-refractivity contribution < 1.29 is 19.0 Å². The second-order valence-corrected chi connectivity index (χ2v) is 9.04. The third-order valence-corrected chi connectivity index (χ3v) is 5.72. The smallest absolute Gasteiger partial charge is 0.306 e. The molecule has 0 aliphatic carbocycles. The van der Waals surface area contributed by atoms with Gasteiger partial charge in [0.2, 0.25) is 0 Å². The van der Waals surface area contributed by atoms with Gasteiger partial charge in [0.25, 0.3) is 0 Å². The maximum Gasteiger partial charge on any atom is 0.306 e. The lowest BCUT2D eigenvalue weighted by Gasteiger charge is -2.40. The fraction of sp³-hybridized carbons (Fsp3) is 0.480. The van der Waals surface area contributed by atoms with Gasteiger partial charge in [0.05, 0.1) is 43.2 Å². The minimum atomic E-state index is -0.225. The molecule has 174 valence electrons. The van der Waals surface area contributed by atoms with Gasteiger partial charge in [-0.15, -0.1) is 0 Å². The Hall–Kier alpha value is -2.28. The first-order valence-electron chi connectivity index (χ1n) is 11.0. The van der Waals surface area contributed by atoms with Gasteiger partial charge in [-0.2, -0.15) is 0 Å². The molecule has 32 heavy (non-hydrogen) atoms. The van der Waals surface area contributed by atoms with Crippen LogP contribution < -0.4 is 10.2 Å². The summed E-state index contributed by atoms with van der Waals surface area (Å²) in [7, 11) is 1.65. The van der Waals surface area contributed by atoms with Crippen LogP contribution in [0.2, 0.25) is 5.02 Å². The molecule has 0 spiro atoms. The first-order chi connectivity index (χ1) is 15.3. The van der Waals surface area contributed by atoms with E-state index in [1.807, 2.05) is 31.2 Å². The average Bonchev–Trinajstić information content (AvgIpc) is 2.74. The molecule has 1 fully saturated rings. The number of ether oxygens (including phenoxy) is 3. The van der Waals surface area contributed by atoms with Crippen LogP contribution in [0.3, 0.4) is 0 Å². The van der Waals surface area contributed by atoms with E-state index in [-0.39, 0.29) is 23.9 Å². The first kappa shape index (κ1) is 24.4. The summed E-state index contributed by atoms with van der Waals surface area (Å²) in [6.45, 7) is 9.09. The lowest BCUT2D eigenvalue weighted by molar-refractivity contribution is -0.143. The maximum absolute atomic E-state index is 12.2.